The minimum atomic E-state index is -0.897. The number of carboxylic acids is 1. The van der Waals surface area contributed by atoms with Crippen LogP contribution in [0.25, 0.3) is 0 Å². The molecular formula is C12H16N2O3. The van der Waals surface area contributed by atoms with Crippen LogP contribution >= 0.6 is 0 Å². The van der Waals surface area contributed by atoms with E-state index in [9.17, 15) is 9.59 Å². The number of amides is 1. The van der Waals surface area contributed by atoms with Crippen molar-refractivity contribution in [2.24, 2.45) is 11.8 Å². The van der Waals surface area contributed by atoms with Gasteiger partial charge < -0.3 is 10.4 Å². The van der Waals surface area contributed by atoms with E-state index >= 15 is 0 Å². The molecule has 1 amide bonds. The van der Waals surface area contributed by atoms with Crippen LogP contribution < -0.4 is 5.32 Å². The smallest absolute Gasteiger partial charge is 0.308 e. The van der Waals surface area contributed by atoms with Gasteiger partial charge in [0.1, 0.15) is 0 Å². The number of pyridine rings is 1. The third-order valence-corrected chi connectivity index (χ3v) is 2.53. The van der Waals surface area contributed by atoms with Crippen molar-refractivity contribution >= 4 is 11.9 Å². The van der Waals surface area contributed by atoms with E-state index in [0.29, 0.717) is 5.56 Å². The van der Waals surface area contributed by atoms with Crippen molar-refractivity contribution in [1.82, 2.24) is 10.3 Å². The monoisotopic (exact) mass is 236 g/mol. The molecule has 0 saturated carbocycles. The van der Waals surface area contributed by atoms with Gasteiger partial charge >= 0.3 is 5.97 Å². The second-order valence-corrected chi connectivity index (χ2v) is 4.14. The van der Waals surface area contributed by atoms with E-state index in [0.717, 1.165) is 0 Å². The van der Waals surface area contributed by atoms with E-state index in [1.807, 2.05) is 13.8 Å². The first-order chi connectivity index (χ1) is 8.02. The fourth-order valence-electron chi connectivity index (χ4n) is 1.41. The van der Waals surface area contributed by atoms with Gasteiger partial charge in [0.05, 0.1) is 11.5 Å². The molecule has 92 valence electrons. The maximum Gasteiger partial charge on any atom is 0.308 e. The van der Waals surface area contributed by atoms with Gasteiger partial charge in [0.2, 0.25) is 0 Å². The Labute approximate surface area is 99.9 Å². The molecule has 0 aliphatic carbocycles. The Balaban J connectivity index is 2.56. The van der Waals surface area contributed by atoms with E-state index in [4.69, 9.17) is 5.11 Å². The fourth-order valence-corrected chi connectivity index (χ4v) is 1.41. The number of aromatic nitrogens is 1. The lowest BCUT2D eigenvalue weighted by Crippen LogP contribution is -2.35. The topological polar surface area (TPSA) is 79.3 Å². The van der Waals surface area contributed by atoms with Crippen LogP contribution in [0.2, 0.25) is 0 Å². The van der Waals surface area contributed by atoms with Gasteiger partial charge in [0, 0.05) is 18.9 Å². The maximum atomic E-state index is 11.7. The summed E-state index contributed by atoms with van der Waals surface area (Å²) in [7, 11) is 0. The third-order valence-electron chi connectivity index (χ3n) is 2.53. The molecule has 1 rings (SSSR count). The molecule has 0 bridgehead atoms. The number of carbonyl (C=O) groups is 2. The zero-order valence-electron chi connectivity index (χ0n) is 9.88. The molecule has 0 fully saturated rings. The van der Waals surface area contributed by atoms with Gasteiger partial charge in [-0.05, 0) is 18.1 Å². The van der Waals surface area contributed by atoms with Gasteiger partial charge in [-0.15, -0.1) is 0 Å². The number of nitrogens with zero attached hydrogens (tertiary/aromatic N) is 1. The van der Waals surface area contributed by atoms with Crippen LogP contribution in [0, 0.1) is 11.8 Å². The predicted octanol–water partition coefficient (Wildman–Crippen LogP) is 1.17. The number of nitrogens with one attached hydrogen (secondary N) is 1. The lowest BCUT2D eigenvalue weighted by molar-refractivity contribution is -0.142. The molecule has 1 heterocycles. The van der Waals surface area contributed by atoms with Crippen LogP contribution in [0.4, 0.5) is 0 Å². The van der Waals surface area contributed by atoms with E-state index in [-0.39, 0.29) is 18.4 Å². The Kier molecular flexibility index (Phi) is 4.63. The normalized spacial score (nSPS) is 12.2. The number of hydrogen-bond donors (Lipinski definition) is 2. The maximum absolute atomic E-state index is 11.7. The molecule has 0 saturated heterocycles. The Morgan fingerprint density at radius 2 is 2.18 bits per heavy atom. The first-order valence-electron chi connectivity index (χ1n) is 5.43. The summed E-state index contributed by atoms with van der Waals surface area (Å²) in [5.74, 6) is -1.80. The van der Waals surface area contributed by atoms with Gasteiger partial charge in [-0.2, -0.15) is 0 Å². The van der Waals surface area contributed by atoms with Crippen molar-refractivity contribution in [1.29, 1.82) is 0 Å². The first kappa shape index (κ1) is 13.2. The minimum absolute atomic E-state index is 0.0262. The van der Waals surface area contributed by atoms with Crippen LogP contribution in [0.15, 0.2) is 24.5 Å². The zero-order chi connectivity index (χ0) is 12.8. The molecule has 1 atom stereocenters. The van der Waals surface area contributed by atoms with E-state index < -0.39 is 11.9 Å². The van der Waals surface area contributed by atoms with Gasteiger partial charge in [-0.3, -0.25) is 14.6 Å². The van der Waals surface area contributed by atoms with Gasteiger partial charge in [-0.25, -0.2) is 0 Å². The van der Waals surface area contributed by atoms with Crippen LogP contribution in [-0.4, -0.2) is 28.5 Å². The summed E-state index contributed by atoms with van der Waals surface area (Å²) in [5, 5.41) is 11.6. The fraction of sp³-hybridized carbons (Fsp3) is 0.417. The molecule has 5 nitrogen and oxygen atoms in total. The molecule has 1 aromatic rings. The second-order valence-electron chi connectivity index (χ2n) is 4.14. The number of hydrogen-bond acceptors (Lipinski definition) is 3. The average molecular weight is 236 g/mol. The molecule has 1 aromatic heterocycles. The minimum Gasteiger partial charge on any atom is -0.481 e. The second kappa shape index (κ2) is 5.98. The van der Waals surface area contributed by atoms with Crippen LogP contribution in [0.5, 0.6) is 0 Å². The lowest BCUT2D eigenvalue weighted by atomic mass is 9.96. The Morgan fingerprint density at radius 1 is 1.47 bits per heavy atom. The van der Waals surface area contributed by atoms with Crippen molar-refractivity contribution in [3.8, 4) is 0 Å². The molecular weight excluding hydrogens is 220 g/mol. The molecule has 5 heteroatoms. The zero-order valence-corrected chi connectivity index (χ0v) is 9.88. The quantitative estimate of drug-likeness (QED) is 0.804. The van der Waals surface area contributed by atoms with Crippen molar-refractivity contribution in [2.45, 2.75) is 13.8 Å². The van der Waals surface area contributed by atoms with Crippen molar-refractivity contribution in [3.63, 3.8) is 0 Å². The summed E-state index contributed by atoms with van der Waals surface area (Å²) in [6, 6.07) is 3.29. The highest BCUT2D eigenvalue weighted by atomic mass is 16.4. The summed E-state index contributed by atoms with van der Waals surface area (Å²) < 4.78 is 0. The van der Waals surface area contributed by atoms with Crippen molar-refractivity contribution in [2.75, 3.05) is 6.54 Å². The molecule has 0 aromatic carbocycles. The van der Waals surface area contributed by atoms with E-state index in [1.54, 1.807) is 18.3 Å². The van der Waals surface area contributed by atoms with Crippen LogP contribution in [0.3, 0.4) is 0 Å². The Hall–Kier alpha value is -1.91. The summed E-state index contributed by atoms with van der Waals surface area (Å²) in [4.78, 5) is 26.4. The highest BCUT2D eigenvalue weighted by molar-refractivity contribution is 5.94. The molecule has 1 unspecified atom stereocenters. The summed E-state index contributed by atoms with van der Waals surface area (Å²) in [5.41, 5.74) is 0.431. The van der Waals surface area contributed by atoms with E-state index in [1.165, 1.54) is 6.20 Å². The first-order valence-corrected chi connectivity index (χ1v) is 5.43. The summed E-state index contributed by atoms with van der Waals surface area (Å²) in [6.07, 6.45) is 3.02. The molecule has 2 N–H and O–H groups in total. The molecule has 0 aliphatic heterocycles. The molecule has 0 radical (unpaired) electrons. The SMILES string of the molecule is CC(C)C(CNC(=O)c1cccnc1)C(=O)O. The molecule has 17 heavy (non-hydrogen) atoms. The Morgan fingerprint density at radius 3 is 2.65 bits per heavy atom. The highest BCUT2D eigenvalue weighted by Crippen LogP contribution is 2.10. The number of carboxylic acid groups (broad SMARTS) is 1. The largest absolute Gasteiger partial charge is 0.481 e. The van der Waals surface area contributed by atoms with Gasteiger partial charge in [0.15, 0.2) is 0 Å². The summed E-state index contributed by atoms with van der Waals surface area (Å²) >= 11 is 0. The van der Waals surface area contributed by atoms with Gasteiger partial charge in [-0.1, -0.05) is 13.8 Å². The van der Waals surface area contributed by atoms with E-state index in [2.05, 4.69) is 10.3 Å². The van der Waals surface area contributed by atoms with Crippen molar-refractivity contribution < 1.29 is 14.7 Å². The average Bonchev–Trinajstić information content (AvgIpc) is 2.29. The standard InChI is InChI=1S/C12H16N2O3/c1-8(2)10(12(16)17)7-14-11(15)9-4-3-5-13-6-9/h3-6,8,10H,7H2,1-2H3,(H,14,15)(H,16,17). The number of aliphatic carboxylic acids is 1. The molecule has 0 aliphatic rings. The van der Waals surface area contributed by atoms with Gasteiger partial charge in [0.25, 0.3) is 5.91 Å². The number of rotatable bonds is 5. The molecule has 0 spiro atoms. The lowest BCUT2D eigenvalue weighted by Gasteiger charge is -2.16. The Bertz CT molecular complexity index is 390. The summed E-state index contributed by atoms with van der Waals surface area (Å²) in [6.45, 7) is 3.75. The number of carbonyl (C=O) groups excluding carboxylic acids is 1. The van der Waals surface area contributed by atoms with Crippen molar-refractivity contribution in [3.05, 3.63) is 30.1 Å². The highest BCUT2D eigenvalue weighted by Gasteiger charge is 2.22. The van der Waals surface area contributed by atoms with Crippen LogP contribution in [-0.2, 0) is 4.79 Å². The van der Waals surface area contributed by atoms with Crippen LogP contribution in [0.1, 0.15) is 24.2 Å². The third kappa shape index (κ3) is 3.86. The predicted molar refractivity (Wildman–Crippen MR) is 62.5 cm³/mol.